The van der Waals surface area contributed by atoms with Gasteiger partial charge in [0.15, 0.2) is 11.0 Å². The van der Waals surface area contributed by atoms with Gasteiger partial charge in [-0.15, -0.1) is 15.3 Å². The van der Waals surface area contributed by atoms with Crippen LogP contribution in [0.15, 0.2) is 39.9 Å². The summed E-state index contributed by atoms with van der Waals surface area (Å²) >= 11 is 1.28. The maximum atomic E-state index is 11.9. The number of nitrogens with one attached hydrogen (secondary N) is 1. The van der Waals surface area contributed by atoms with Crippen LogP contribution in [0, 0.1) is 6.92 Å². The number of carbonyl (C=O) groups excluding carboxylic acids is 1. The van der Waals surface area contributed by atoms with Gasteiger partial charge in [0, 0.05) is 19.5 Å². The molecule has 0 bridgehead atoms. The first-order chi connectivity index (χ1) is 11.1. The van der Waals surface area contributed by atoms with E-state index < -0.39 is 0 Å². The predicted molar refractivity (Wildman–Crippen MR) is 84.8 cm³/mol. The van der Waals surface area contributed by atoms with Crippen LogP contribution in [0.5, 0.6) is 0 Å². The van der Waals surface area contributed by atoms with Crippen molar-refractivity contribution in [2.75, 3.05) is 11.1 Å². The zero-order chi connectivity index (χ0) is 16.2. The third kappa shape index (κ3) is 3.57. The second-order valence-electron chi connectivity index (χ2n) is 4.69. The molecule has 0 saturated heterocycles. The number of benzene rings is 1. The van der Waals surface area contributed by atoms with E-state index >= 15 is 0 Å². The number of thioether (sulfide) groups is 1. The monoisotopic (exact) mass is 330 g/mol. The van der Waals surface area contributed by atoms with Crippen LogP contribution in [0.2, 0.25) is 0 Å². The van der Waals surface area contributed by atoms with Crippen LogP contribution in [-0.2, 0) is 11.8 Å². The first-order valence-corrected chi connectivity index (χ1v) is 7.79. The average Bonchev–Trinajstić information content (AvgIpc) is 3.12. The molecule has 3 aromatic rings. The van der Waals surface area contributed by atoms with E-state index in [2.05, 4.69) is 25.7 Å². The molecule has 118 valence electrons. The van der Waals surface area contributed by atoms with Crippen LogP contribution in [-0.4, -0.2) is 36.6 Å². The first kappa shape index (κ1) is 15.2. The van der Waals surface area contributed by atoms with Crippen molar-refractivity contribution in [1.82, 2.24) is 25.0 Å². The lowest BCUT2D eigenvalue weighted by molar-refractivity contribution is -0.113. The summed E-state index contributed by atoms with van der Waals surface area (Å²) in [5, 5.41) is 18.8. The van der Waals surface area contributed by atoms with Gasteiger partial charge in [0.05, 0.1) is 5.75 Å². The van der Waals surface area contributed by atoms with Gasteiger partial charge < -0.3 is 8.98 Å². The van der Waals surface area contributed by atoms with Crippen molar-refractivity contribution in [2.45, 2.75) is 12.1 Å². The number of nitrogens with zero attached hydrogens (tertiary/aromatic N) is 5. The van der Waals surface area contributed by atoms with E-state index in [1.807, 2.05) is 41.9 Å². The average molecular weight is 330 g/mol. The number of aryl methyl sites for hydroxylation is 1. The van der Waals surface area contributed by atoms with Crippen LogP contribution in [0.3, 0.4) is 0 Å². The Bertz CT molecular complexity index is 814. The number of rotatable bonds is 5. The number of hydrogen-bond donors (Lipinski definition) is 1. The highest BCUT2D eigenvalue weighted by Crippen LogP contribution is 2.22. The highest BCUT2D eigenvalue weighted by atomic mass is 32.2. The molecule has 0 aliphatic heterocycles. The predicted octanol–water partition coefficient (Wildman–Crippen LogP) is 1.90. The zero-order valence-corrected chi connectivity index (χ0v) is 13.4. The van der Waals surface area contributed by atoms with Gasteiger partial charge in [0.1, 0.15) is 0 Å². The van der Waals surface area contributed by atoms with Gasteiger partial charge in [0.2, 0.25) is 11.8 Å². The van der Waals surface area contributed by atoms with Gasteiger partial charge in [-0.25, -0.2) is 0 Å². The maximum Gasteiger partial charge on any atom is 0.322 e. The third-order valence-corrected chi connectivity index (χ3v) is 3.99. The Labute approximate surface area is 136 Å². The zero-order valence-electron chi connectivity index (χ0n) is 12.6. The molecule has 0 aliphatic rings. The van der Waals surface area contributed by atoms with E-state index in [-0.39, 0.29) is 17.7 Å². The normalized spacial score (nSPS) is 10.7. The highest BCUT2D eigenvalue weighted by Gasteiger charge is 2.14. The molecule has 0 spiro atoms. The Morgan fingerprint density at radius 3 is 2.70 bits per heavy atom. The lowest BCUT2D eigenvalue weighted by Gasteiger charge is -2.03. The molecule has 0 aliphatic carbocycles. The largest absolute Gasteiger partial charge is 0.408 e. The summed E-state index contributed by atoms with van der Waals surface area (Å²) < 4.78 is 6.95. The fraction of sp³-hybridized carbons (Fsp3) is 0.214. The summed E-state index contributed by atoms with van der Waals surface area (Å²) in [6.07, 6.45) is 0. The molecule has 0 atom stereocenters. The molecule has 3 rings (SSSR count). The van der Waals surface area contributed by atoms with Crippen LogP contribution >= 0.6 is 11.8 Å². The SMILES string of the molecule is Cc1nnc(NC(=O)CSc2nnc(-c3ccccc3)n2C)o1. The molecule has 1 amide bonds. The fourth-order valence-electron chi connectivity index (χ4n) is 1.91. The van der Waals surface area contributed by atoms with Gasteiger partial charge in [-0.1, -0.05) is 47.2 Å². The van der Waals surface area contributed by atoms with Gasteiger partial charge >= 0.3 is 6.01 Å². The Hall–Kier alpha value is -2.68. The van der Waals surface area contributed by atoms with Crippen molar-refractivity contribution >= 4 is 23.7 Å². The van der Waals surface area contributed by atoms with Crippen molar-refractivity contribution in [2.24, 2.45) is 7.05 Å². The second kappa shape index (κ2) is 6.61. The van der Waals surface area contributed by atoms with Crippen LogP contribution in [0.4, 0.5) is 6.01 Å². The number of carbonyl (C=O) groups is 1. The summed E-state index contributed by atoms with van der Waals surface area (Å²) in [5.41, 5.74) is 0.972. The summed E-state index contributed by atoms with van der Waals surface area (Å²) in [6.45, 7) is 1.65. The van der Waals surface area contributed by atoms with Crippen molar-refractivity contribution in [3.8, 4) is 11.4 Å². The molecule has 0 unspecified atom stereocenters. The molecule has 23 heavy (non-hydrogen) atoms. The maximum absolute atomic E-state index is 11.9. The van der Waals surface area contributed by atoms with Crippen LogP contribution in [0.25, 0.3) is 11.4 Å². The van der Waals surface area contributed by atoms with E-state index in [0.717, 1.165) is 11.4 Å². The minimum Gasteiger partial charge on any atom is -0.408 e. The van der Waals surface area contributed by atoms with Gasteiger partial charge in [-0.3, -0.25) is 10.1 Å². The molecular weight excluding hydrogens is 316 g/mol. The lowest BCUT2D eigenvalue weighted by Crippen LogP contribution is -2.14. The summed E-state index contributed by atoms with van der Waals surface area (Å²) in [5.74, 6) is 1.07. The summed E-state index contributed by atoms with van der Waals surface area (Å²) in [4.78, 5) is 11.9. The van der Waals surface area contributed by atoms with Crippen molar-refractivity contribution < 1.29 is 9.21 Å². The first-order valence-electron chi connectivity index (χ1n) is 6.81. The standard InChI is InChI=1S/C14H14N6O2S/c1-9-16-18-13(22-9)15-11(21)8-23-14-19-17-12(20(14)2)10-6-4-3-5-7-10/h3-7H,8H2,1-2H3,(H,15,18,21). The van der Waals surface area contributed by atoms with Gasteiger partial charge in [-0.05, 0) is 0 Å². The van der Waals surface area contributed by atoms with Crippen molar-refractivity contribution in [1.29, 1.82) is 0 Å². The molecule has 9 heteroatoms. The molecule has 0 radical (unpaired) electrons. The molecule has 1 aromatic carbocycles. The quantitative estimate of drug-likeness (QED) is 0.713. The molecule has 1 N–H and O–H groups in total. The van der Waals surface area contributed by atoms with Gasteiger partial charge in [-0.2, -0.15) is 0 Å². The van der Waals surface area contributed by atoms with E-state index in [9.17, 15) is 4.79 Å². The van der Waals surface area contributed by atoms with E-state index in [4.69, 9.17) is 4.42 Å². The molecule has 2 heterocycles. The third-order valence-electron chi connectivity index (χ3n) is 2.97. The fourth-order valence-corrected chi connectivity index (χ4v) is 2.62. The Morgan fingerprint density at radius 1 is 1.22 bits per heavy atom. The lowest BCUT2D eigenvalue weighted by atomic mass is 10.2. The Balaban J connectivity index is 1.63. The van der Waals surface area contributed by atoms with E-state index in [1.165, 1.54) is 11.8 Å². The van der Waals surface area contributed by atoms with E-state index in [1.54, 1.807) is 6.92 Å². The summed E-state index contributed by atoms with van der Waals surface area (Å²) in [7, 11) is 1.87. The van der Waals surface area contributed by atoms with Crippen molar-refractivity contribution in [3.05, 3.63) is 36.2 Å². The topological polar surface area (TPSA) is 98.7 Å². The minimum atomic E-state index is -0.247. The molecule has 0 fully saturated rings. The summed E-state index contributed by atoms with van der Waals surface area (Å²) in [6, 6.07) is 9.84. The molecule has 8 nitrogen and oxygen atoms in total. The number of hydrogen-bond acceptors (Lipinski definition) is 7. The van der Waals surface area contributed by atoms with Crippen LogP contribution < -0.4 is 5.32 Å². The Kier molecular flexibility index (Phi) is 4.38. The number of aromatic nitrogens is 5. The van der Waals surface area contributed by atoms with Crippen molar-refractivity contribution in [3.63, 3.8) is 0 Å². The van der Waals surface area contributed by atoms with Gasteiger partial charge in [0.25, 0.3) is 0 Å². The minimum absolute atomic E-state index is 0.0936. The second-order valence-corrected chi connectivity index (χ2v) is 5.64. The molecule has 0 saturated carbocycles. The molecular formula is C14H14N6O2S. The van der Waals surface area contributed by atoms with E-state index in [0.29, 0.717) is 11.0 Å². The smallest absolute Gasteiger partial charge is 0.322 e. The molecule has 2 aromatic heterocycles. The number of anilines is 1. The number of amides is 1. The highest BCUT2D eigenvalue weighted by molar-refractivity contribution is 7.99. The van der Waals surface area contributed by atoms with Crippen LogP contribution in [0.1, 0.15) is 5.89 Å². The Morgan fingerprint density at radius 2 is 2.00 bits per heavy atom.